The van der Waals surface area contributed by atoms with Crippen LogP contribution < -0.4 is 11.1 Å². The number of halogens is 3. The zero-order valence-corrected chi connectivity index (χ0v) is 12.6. The smallest absolute Gasteiger partial charge is 0.427 e. The van der Waals surface area contributed by atoms with E-state index >= 15 is 0 Å². The minimum Gasteiger partial charge on any atom is -0.434 e. The van der Waals surface area contributed by atoms with Gasteiger partial charge < -0.3 is 20.7 Å². The van der Waals surface area contributed by atoms with Crippen molar-refractivity contribution in [2.45, 2.75) is 39.0 Å². The Hall–Kier alpha value is -2.00. The van der Waals surface area contributed by atoms with Gasteiger partial charge in [0.15, 0.2) is 0 Å². The van der Waals surface area contributed by atoms with E-state index < -0.39 is 36.2 Å². The summed E-state index contributed by atoms with van der Waals surface area (Å²) in [6.07, 6.45) is -5.58. The van der Waals surface area contributed by atoms with Crippen molar-refractivity contribution in [1.29, 1.82) is 0 Å². The van der Waals surface area contributed by atoms with Crippen molar-refractivity contribution in [3.63, 3.8) is 0 Å². The Morgan fingerprint density at radius 3 is 2.18 bits per heavy atom. The Morgan fingerprint density at radius 2 is 1.77 bits per heavy atom. The van der Waals surface area contributed by atoms with Gasteiger partial charge in [0.05, 0.1) is 6.54 Å². The van der Waals surface area contributed by atoms with Crippen molar-refractivity contribution in [3.05, 3.63) is 0 Å². The normalized spacial score (nSPS) is 11.7. The van der Waals surface area contributed by atoms with E-state index in [1.165, 1.54) is 0 Å². The van der Waals surface area contributed by atoms with Crippen LogP contribution in [-0.2, 0) is 14.3 Å². The molecule has 128 valence electrons. The Labute approximate surface area is 125 Å². The summed E-state index contributed by atoms with van der Waals surface area (Å²) in [5.41, 5.74) is 2.29. The fourth-order valence-electron chi connectivity index (χ4n) is 1.34. The topological polar surface area (TPSA) is 102 Å². The van der Waals surface area contributed by atoms with Gasteiger partial charge in [-0.1, -0.05) is 6.92 Å². The van der Waals surface area contributed by atoms with Crippen molar-refractivity contribution in [2.24, 2.45) is 5.73 Å². The maximum Gasteiger partial charge on any atom is 0.427 e. The van der Waals surface area contributed by atoms with Gasteiger partial charge in [-0.05, 0) is 20.3 Å². The second kappa shape index (κ2) is 7.85. The highest BCUT2D eigenvalue weighted by molar-refractivity contribution is 5.86. The van der Waals surface area contributed by atoms with Crippen LogP contribution in [0.15, 0.2) is 0 Å². The first-order valence-corrected chi connectivity index (χ1v) is 6.50. The summed E-state index contributed by atoms with van der Waals surface area (Å²) in [6.45, 7) is 2.43. The summed E-state index contributed by atoms with van der Waals surface area (Å²) in [4.78, 5) is 35.0. The van der Waals surface area contributed by atoms with E-state index in [-0.39, 0.29) is 13.1 Å². The number of ether oxygens (including phenoxy) is 1. The molecule has 0 aliphatic rings. The molecule has 7 nitrogen and oxygen atoms in total. The maximum absolute atomic E-state index is 12.5. The molecule has 0 saturated heterocycles. The highest BCUT2D eigenvalue weighted by Gasteiger charge is 2.50. The Bertz CT molecular complexity index is 424. The lowest BCUT2D eigenvalue weighted by atomic mass is 10.1. The van der Waals surface area contributed by atoms with Gasteiger partial charge in [-0.2, -0.15) is 13.2 Å². The molecule has 0 radical (unpaired) electrons. The minimum atomic E-state index is -4.74. The predicted molar refractivity (Wildman–Crippen MR) is 70.7 cm³/mol. The molecule has 0 aromatic rings. The summed E-state index contributed by atoms with van der Waals surface area (Å²) in [5, 5.41) is 1.92. The Morgan fingerprint density at radius 1 is 1.23 bits per heavy atom. The molecule has 0 rings (SSSR count). The van der Waals surface area contributed by atoms with Crippen molar-refractivity contribution in [2.75, 3.05) is 19.6 Å². The zero-order valence-electron chi connectivity index (χ0n) is 12.6. The summed E-state index contributed by atoms with van der Waals surface area (Å²) < 4.78 is 41.8. The third-order valence-corrected chi connectivity index (χ3v) is 2.61. The van der Waals surface area contributed by atoms with Crippen LogP contribution in [0.4, 0.5) is 18.0 Å². The zero-order chi connectivity index (χ0) is 17.6. The molecule has 0 spiro atoms. The molecular formula is C12H20F3N3O4. The minimum absolute atomic E-state index is 0.229. The number of alkyl carbamates (subject to hydrolysis) is 1. The van der Waals surface area contributed by atoms with Crippen molar-refractivity contribution < 1.29 is 32.3 Å². The van der Waals surface area contributed by atoms with Crippen LogP contribution in [-0.4, -0.2) is 54.2 Å². The van der Waals surface area contributed by atoms with Crippen molar-refractivity contribution >= 4 is 17.9 Å². The Balaban J connectivity index is 4.50. The van der Waals surface area contributed by atoms with Gasteiger partial charge in [-0.3, -0.25) is 9.59 Å². The quantitative estimate of drug-likeness (QED) is 0.721. The van der Waals surface area contributed by atoms with Gasteiger partial charge in [0.1, 0.15) is 6.54 Å². The Kier molecular flexibility index (Phi) is 7.14. The van der Waals surface area contributed by atoms with Crippen molar-refractivity contribution in [1.82, 2.24) is 10.2 Å². The number of hydrogen-bond donors (Lipinski definition) is 2. The van der Waals surface area contributed by atoms with Crippen LogP contribution in [0.1, 0.15) is 27.2 Å². The third kappa shape index (κ3) is 6.64. The molecule has 0 fully saturated rings. The van der Waals surface area contributed by atoms with Crippen molar-refractivity contribution in [3.8, 4) is 0 Å². The first-order chi connectivity index (χ1) is 9.90. The molecule has 3 N–H and O–H groups in total. The summed E-state index contributed by atoms with van der Waals surface area (Å²) in [6, 6.07) is 0. The van der Waals surface area contributed by atoms with Gasteiger partial charge >= 0.3 is 12.3 Å². The van der Waals surface area contributed by atoms with E-state index in [2.05, 4.69) is 4.74 Å². The molecule has 0 aliphatic heterocycles. The highest BCUT2D eigenvalue weighted by atomic mass is 19.4. The number of nitrogens with one attached hydrogen (secondary N) is 1. The molecule has 0 unspecified atom stereocenters. The fourth-order valence-corrected chi connectivity index (χ4v) is 1.34. The first-order valence-electron chi connectivity index (χ1n) is 6.50. The molecule has 0 heterocycles. The van der Waals surface area contributed by atoms with Crippen LogP contribution in [0.5, 0.6) is 0 Å². The molecular weight excluding hydrogens is 307 g/mol. The van der Waals surface area contributed by atoms with Gasteiger partial charge in [0.2, 0.25) is 17.4 Å². The molecule has 10 heteroatoms. The third-order valence-electron chi connectivity index (χ3n) is 2.61. The number of hydrogen-bond acceptors (Lipinski definition) is 4. The van der Waals surface area contributed by atoms with Crippen LogP contribution in [0.2, 0.25) is 0 Å². The number of carbonyl (C=O) groups excluding carboxylic acids is 3. The number of nitrogens with zero attached hydrogens (tertiary/aromatic N) is 1. The molecule has 0 atom stereocenters. The molecule has 0 aromatic heterocycles. The van der Waals surface area contributed by atoms with E-state index in [1.807, 2.05) is 5.32 Å². The van der Waals surface area contributed by atoms with Crippen LogP contribution in [0.25, 0.3) is 0 Å². The van der Waals surface area contributed by atoms with Gasteiger partial charge in [0, 0.05) is 6.54 Å². The van der Waals surface area contributed by atoms with Crippen LogP contribution >= 0.6 is 0 Å². The average molecular weight is 327 g/mol. The van der Waals surface area contributed by atoms with Crippen LogP contribution in [0.3, 0.4) is 0 Å². The SMILES string of the molecule is CCCN(CC(N)=O)C(=O)CNC(=O)OC(C)(C)C(F)(F)F. The molecule has 0 bridgehead atoms. The molecule has 3 amide bonds. The van der Waals surface area contributed by atoms with E-state index in [9.17, 15) is 27.6 Å². The van der Waals surface area contributed by atoms with E-state index in [0.29, 0.717) is 20.3 Å². The number of primary amides is 1. The second-order valence-corrected chi connectivity index (χ2v) is 5.03. The number of rotatable bonds is 7. The largest absolute Gasteiger partial charge is 0.434 e. The standard InChI is InChI=1S/C12H20F3N3O4/c1-4-5-18(7-8(16)19)9(20)6-17-10(21)22-11(2,3)12(13,14)15/h4-7H2,1-3H3,(H2,16,19)(H,17,21). The summed E-state index contributed by atoms with van der Waals surface area (Å²) >= 11 is 0. The number of amides is 3. The van der Waals surface area contributed by atoms with Crippen LogP contribution in [0, 0.1) is 0 Å². The number of nitrogens with two attached hydrogens (primary N) is 1. The monoisotopic (exact) mass is 327 g/mol. The first kappa shape index (κ1) is 20.0. The summed E-state index contributed by atoms with van der Waals surface area (Å²) in [5.74, 6) is -1.38. The maximum atomic E-state index is 12.5. The molecule has 0 aromatic carbocycles. The predicted octanol–water partition coefficient (Wildman–Crippen LogP) is 0.777. The van der Waals surface area contributed by atoms with E-state index in [1.54, 1.807) is 6.92 Å². The average Bonchev–Trinajstić information content (AvgIpc) is 2.33. The lowest BCUT2D eigenvalue weighted by Crippen LogP contribution is -2.48. The van der Waals surface area contributed by atoms with E-state index in [0.717, 1.165) is 4.90 Å². The summed E-state index contributed by atoms with van der Waals surface area (Å²) in [7, 11) is 0. The lowest BCUT2D eigenvalue weighted by molar-refractivity contribution is -0.243. The number of carbonyl (C=O) groups is 3. The number of alkyl halides is 3. The lowest BCUT2D eigenvalue weighted by Gasteiger charge is -2.27. The molecule has 0 saturated carbocycles. The molecule has 0 aliphatic carbocycles. The second-order valence-electron chi connectivity index (χ2n) is 5.03. The fraction of sp³-hybridized carbons (Fsp3) is 0.750. The van der Waals surface area contributed by atoms with Gasteiger partial charge in [0.25, 0.3) is 0 Å². The van der Waals surface area contributed by atoms with E-state index in [4.69, 9.17) is 5.73 Å². The van der Waals surface area contributed by atoms with Gasteiger partial charge in [-0.15, -0.1) is 0 Å². The highest BCUT2D eigenvalue weighted by Crippen LogP contribution is 2.32. The van der Waals surface area contributed by atoms with Gasteiger partial charge in [-0.25, -0.2) is 4.79 Å². The molecule has 22 heavy (non-hydrogen) atoms.